The first kappa shape index (κ1) is 22.5. The van der Waals surface area contributed by atoms with Gasteiger partial charge in [0, 0.05) is 18.1 Å². The highest BCUT2D eigenvalue weighted by atomic mass is 35.5. The Morgan fingerprint density at radius 3 is 2.53 bits per heavy atom. The van der Waals surface area contributed by atoms with Crippen molar-refractivity contribution < 1.29 is 17.9 Å². The van der Waals surface area contributed by atoms with Crippen LogP contribution in [0.15, 0.2) is 71.6 Å². The molecule has 0 bridgehead atoms. The molecule has 1 aliphatic rings. The van der Waals surface area contributed by atoms with Crippen LogP contribution in [0.25, 0.3) is 0 Å². The van der Waals surface area contributed by atoms with Crippen molar-refractivity contribution in [1.82, 2.24) is 5.32 Å². The number of hydrogen-bond acceptors (Lipinski definition) is 4. The van der Waals surface area contributed by atoms with Gasteiger partial charge in [-0.3, -0.25) is 9.10 Å². The molecule has 0 unspecified atom stereocenters. The minimum Gasteiger partial charge on any atom is -0.482 e. The zero-order valence-electron chi connectivity index (χ0n) is 16.9. The number of para-hydroxylation sites is 1. The molecule has 0 radical (unpaired) electrons. The molecule has 9 heteroatoms. The van der Waals surface area contributed by atoms with E-state index < -0.39 is 10.0 Å². The lowest BCUT2D eigenvalue weighted by Gasteiger charge is -2.20. The van der Waals surface area contributed by atoms with Crippen LogP contribution < -0.4 is 14.4 Å². The minimum atomic E-state index is -3.76. The molecule has 1 N–H and O–H groups in total. The fourth-order valence-corrected chi connectivity index (χ4v) is 5.51. The summed E-state index contributed by atoms with van der Waals surface area (Å²) in [4.78, 5) is 12.2. The fraction of sp³-hybridized carbons (Fsp3) is 0.174. The van der Waals surface area contributed by atoms with Crippen molar-refractivity contribution in [2.24, 2.45) is 0 Å². The van der Waals surface area contributed by atoms with Crippen LogP contribution in [0.3, 0.4) is 0 Å². The number of carbonyl (C=O) groups excluding carboxylic acids is 1. The summed E-state index contributed by atoms with van der Waals surface area (Å²) >= 11 is 12.3. The predicted octanol–water partition coefficient (Wildman–Crippen LogP) is 4.44. The summed E-state index contributed by atoms with van der Waals surface area (Å²) in [7, 11) is -3.76. The molecular formula is C23H20Cl2N2O4S. The number of rotatable bonds is 7. The second-order valence-electron chi connectivity index (χ2n) is 7.20. The van der Waals surface area contributed by atoms with Gasteiger partial charge < -0.3 is 10.1 Å². The van der Waals surface area contributed by atoms with Crippen molar-refractivity contribution in [2.75, 3.05) is 17.5 Å². The normalized spacial score (nSPS) is 13.0. The van der Waals surface area contributed by atoms with Crippen LogP contribution >= 0.6 is 23.2 Å². The third kappa shape index (κ3) is 4.70. The molecule has 166 valence electrons. The van der Waals surface area contributed by atoms with Gasteiger partial charge in [-0.15, -0.1) is 0 Å². The molecule has 0 atom stereocenters. The van der Waals surface area contributed by atoms with E-state index in [2.05, 4.69) is 5.32 Å². The number of amides is 1. The molecule has 1 aliphatic heterocycles. The van der Waals surface area contributed by atoms with Crippen molar-refractivity contribution >= 4 is 44.8 Å². The van der Waals surface area contributed by atoms with Crippen molar-refractivity contribution in [3.63, 3.8) is 0 Å². The molecule has 6 nitrogen and oxygen atoms in total. The van der Waals surface area contributed by atoms with Crippen LogP contribution in [0.5, 0.6) is 5.75 Å². The van der Waals surface area contributed by atoms with Crippen molar-refractivity contribution in [1.29, 1.82) is 0 Å². The Bertz CT molecular complexity index is 1260. The summed E-state index contributed by atoms with van der Waals surface area (Å²) in [5.74, 6) is -0.133. The first-order valence-electron chi connectivity index (χ1n) is 9.89. The molecule has 0 saturated carbocycles. The van der Waals surface area contributed by atoms with Gasteiger partial charge in [0.15, 0.2) is 6.61 Å². The lowest BCUT2D eigenvalue weighted by Crippen LogP contribution is -2.29. The van der Waals surface area contributed by atoms with E-state index in [0.717, 1.165) is 11.1 Å². The van der Waals surface area contributed by atoms with E-state index in [1.54, 1.807) is 12.1 Å². The second kappa shape index (κ2) is 9.40. The highest BCUT2D eigenvalue weighted by Crippen LogP contribution is 2.35. The molecule has 0 aliphatic carbocycles. The summed E-state index contributed by atoms with van der Waals surface area (Å²) in [5, 5.41) is 3.39. The van der Waals surface area contributed by atoms with Gasteiger partial charge in [0.25, 0.3) is 15.9 Å². The maximum Gasteiger partial charge on any atom is 0.264 e. The maximum atomic E-state index is 13.1. The summed E-state index contributed by atoms with van der Waals surface area (Å²) in [6.07, 6.45) is 0.660. The van der Waals surface area contributed by atoms with Crippen LogP contribution in [-0.2, 0) is 27.8 Å². The SMILES string of the molecule is O=C(COc1ccc(S(=O)(=O)N2CCc3ccccc32)cc1Cl)NCc1ccccc1Cl. The van der Waals surface area contributed by atoms with E-state index in [1.807, 2.05) is 36.4 Å². The molecule has 3 aromatic rings. The molecule has 32 heavy (non-hydrogen) atoms. The minimum absolute atomic E-state index is 0.0646. The molecular weight excluding hydrogens is 471 g/mol. The highest BCUT2D eigenvalue weighted by Gasteiger charge is 2.31. The zero-order chi connectivity index (χ0) is 22.7. The summed E-state index contributed by atoms with van der Waals surface area (Å²) in [6, 6.07) is 18.9. The third-order valence-electron chi connectivity index (χ3n) is 5.13. The fourth-order valence-electron chi connectivity index (χ4n) is 3.47. The Balaban J connectivity index is 1.40. The van der Waals surface area contributed by atoms with Crippen molar-refractivity contribution in [3.8, 4) is 5.75 Å². The van der Waals surface area contributed by atoms with Gasteiger partial charge in [-0.05, 0) is 47.9 Å². The van der Waals surface area contributed by atoms with E-state index in [1.165, 1.54) is 22.5 Å². The summed E-state index contributed by atoms with van der Waals surface area (Å²) < 4.78 is 33.1. The standard InChI is InChI=1S/C23H20Cl2N2O4S/c24-19-7-3-1-6-17(19)14-26-23(28)15-31-22-10-9-18(13-20(22)25)32(29,30)27-12-11-16-5-2-4-8-21(16)27/h1-10,13H,11-12,14-15H2,(H,26,28). The van der Waals surface area contributed by atoms with E-state index >= 15 is 0 Å². The van der Waals surface area contributed by atoms with Gasteiger partial charge in [0.05, 0.1) is 15.6 Å². The average Bonchev–Trinajstić information content (AvgIpc) is 3.23. The predicted molar refractivity (Wildman–Crippen MR) is 125 cm³/mol. The first-order chi connectivity index (χ1) is 15.4. The molecule has 4 rings (SSSR count). The number of anilines is 1. The lowest BCUT2D eigenvalue weighted by atomic mass is 10.2. The molecule has 1 amide bonds. The second-order valence-corrected chi connectivity index (χ2v) is 9.88. The Morgan fingerprint density at radius 1 is 1.00 bits per heavy atom. The highest BCUT2D eigenvalue weighted by molar-refractivity contribution is 7.92. The zero-order valence-corrected chi connectivity index (χ0v) is 19.3. The molecule has 0 saturated heterocycles. The average molecular weight is 491 g/mol. The Hall–Kier alpha value is -2.74. The molecule has 3 aromatic carbocycles. The summed E-state index contributed by atoms with van der Waals surface area (Å²) in [5.41, 5.74) is 2.46. The van der Waals surface area contributed by atoms with E-state index in [9.17, 15) is 13.2 Å². The van der Waals surface area contributed by atoms with Crippen molar-refractivity contribution in [2.45, 2.75) is 17.9 Å². The van der Waals surface area contributed by atoms with Crippen molar-refractivity contribution in [3.05, 3.63) is 87.9 Å². The molecule has 1 heterocycles. The number of carbonyl (C=O) groups is 1. The lowest BCUT2D eigenvalue weighted by molar-refractivity contribution is -0.123. The number of ether oxygens (including phenoxy) is 1. The van der Waals surface area contributed by atoms with Crippen LogP contribution in [-0.4, -0.2) is 27.5 Å². The summed E-state index contributed by atoms with van der Waals surface area (Å²) in [6.45, 7) is 0.378. The van der Waals surface area contributed by atoms with Gasteiger partial charge >= 0.3 is 0 Å². The molecule has 0 fully saturated rings. The largest absolute Gasteiger partial charge is 0.482 e. The van der Waals surface area contributed by atoms with Gasteiger partial charge in [-0.25, -0.2) is 8.42 Å². The number of halogens is 2. The molecule has 0 aromatic heterocycles. The first-order valence-corrected chi connectivity index (χ1v) is 12.1. The van der Waals surface area contributed by atoms with E-state index in [-0.39, 0.29) is 34.7 Å². The van der Waals surface area contributed by atoms with E-state index in [4.69, 9.17) is 27.9 Å². The van der Waals surface area contributed by atoms with Crippen LogP contribution in [0.2, 0.25) is 10.0 Å². The third-order valence-corrected chi connectivity index (χ3v) is 7.60. The van der Waals surface area contributed by atoms with E-state index in [0.29, 0.717) is 23.7 Å². The topological polar surface area (TPSA) is 75.7 Å². The van der Waals surface area contributed by atoms with Gasteiger partial charge in [0.2, 0.25) is 0 Å². The van der Waals surface area contributed by atoms with Crippen LogP contribution in [0.1, 0.15) is 11.1 Å². The van der Waals surface area contributed by atoms with Gasteiger partial charge in [-0.2, -0.15) is 0 Å². The smallest absolute Gasteiger partial charge is 0.264 e. The number of nitrogens with one attached hydrogen (secondary N) is 1. The number of sulfonamides is 1. The Labute approximate surface area is 196 Å². The van der Waals surface area contributed by atoms with Gasteiger partial charge in [0.1, 0.15) is 5.75 Å². The Morgan fingerprint density at radius 2 is 1.75 bits per heavy atom. The molecule has 0 spiro atoms. The maximum absolute atomic E-state index is 13.1. The van der Waals surface area contributed by atoms with Gasteiger partial charge in [-0.1, -0.05) is 59.6 Å². The number of nitrogens with zero attached hydrogens (tertiary/aromatic N) is 1. The monoisotopic (exact) mass is 490 g/mol. The number of hydrogen-bond donors (Lipinski definition) is 1. The quantitative estimate of drug-likeness (QED) is 0.531. The Kier molecular flexibility index (Phi) is 6.60. The number of benzene rings is 3. The number of fused-ring (bicyclic) bond motifs is 1. The van der Waals surface area contributed by atoms with Crippen LogP contribution in [0, 0.1) is 0 Å². The van der Waals surface area contributed by atoms with Crippen LogP contribution in [0.4, 0.5) is 5.69 Å².